The molecule has 2 fully saturated rings. The summed E-state index contributed by atoms with van der Waals surface area (Å²) in [6.07, 6.45) is 4.27. The van der Waals surface area contributed by atoms with Crippen LogP contribution in [-0.4, -0.2) is 55.0 Å². The van der Waals surface area contributed by atoms with Crippen molar-refractivity contribution >= 4 is 5.91 Å². The summed E-state index contributed by atoms with van der Waals surface area (Å²) < 4.78 is 10.7. The first-order valence-electron chi connectivity index (χ1n) is 8.14. The van der Waals surface area contributed by atoms with Crippen LogP contribution in [0.2, 0.25) is 0 Å². The molecule has 1 aromatic heterocycles. The van der Waals surface area contributed by atoms with E-state index < -0.39 is 0 Å². The van der Waals surface area contributed by atoms with Gasteiger partial charge in [0.25, 0.3) is 5.91 Å². The number of hydrogen-bond acceptors (Lipinski definition) is 6. The summed E-state index contributed by atoms with van der Waals surface area (Å²) in [4.78, 5) is 23.8. The van der Waals surface area contributed by atoms with Crippen LogP contribution in [0.15, 0.2) is 18.3 Å². The minimum atomic E-state index is -0.353. The van der Waals surface area contributed by atoms with Gasteiger partial charge >= 0.3 is 0 Å². The Morgan fingerprint density at radius 1 is 1.30 bits per heavy atom. The number of rotatable bonds is 5. The minimum absolute atomic E-state index is 0.339. The highest BCUT2D eigenvalue weighted by Gasteiger charge is 2.17. The van der Waals surface area contributed by atoms with Crippen molar-refractivity contribution in [1.29, 1.82) is 0 Å². The Labute approximate surface area is 135 Å². The van der Waals surface area contributed by atoms with Gasteiger partial charge in [0, 0.05) is 38.9 Å². The Kier molecular flexibility index (Phi) is 5.93. The number of morpholine rings is 1. The van der Waals surface area contributed by atoms with Crippen molar-refractivity contribution in [3.63, 3.8) is 0 Å². The summed E-state index contributed by atoms with van der Waals surface area (Å²) in [7, 11) is 0. The van der Waals surface area contributed by atoms with Crippen molar-refractivity contribution in [2.24, 2.45) is 0 Å². The SMILES string of the molecule is O=C(NOC1CCCCO1)c1ccc(CN2CCOCC2)cn1. The third-order valence-electron chi connectivity index (χ3n) is 3.99. The fourth-order valence-electron chi connectivity index (χ4n) is 2.65. The van der Waals surface area contributed by atoms with Gasteiger partial charge in [-0.15, -0.1) is 0 Å². The highest BCUT2D eigenvalue weighted by molar-refractivity contribution is 5.91. The smallest absolute Gasteiger partial charge is 0.293 e. The summed E-state index contributed by atoms with van der Waals surface area (Å²) >= 11 is 0. The van der Waals surface area contributed by atoms with Crippen LogP contribution in [0.3, 0.4) is 0 Å². The van der Waals surface area contributed by atoms with Crippen molar-refractivity contribution in [3.05, 3.63) is 29.6 Å². The van der Waals surface area contributed by atoms with E-state index in [9.17, 15) is 4.79 Å². The molecule has 1 aromatic rings. The van der Waals surface area contributed by atoms with Crippen molar-refractivity contribution in [3.8, 4) is 0 Å². The molecule has 1 atom stereocenters. The van der Waals surface area contributed by atoms with Crippen LogP contribution in [0.25, 0.3) is 0 Å². The zero-order chi connectivity index (χ0) is 15.9. The predicted octanol–water partition coefficient (Wildman–Crippen LogP) is 1.10. The zero-order valence-corrected chi connectivity index (χ0v) is 13.2. The molecule has 7 nitrogen and oxygen atoms in total. The number of aromatic nitrogens is 1. The molecule has 3 rings (SSSR count). The van der Waals surface area contributed by atoms with Gasteiger partial charge in [-0.25, -0.2) is 10.3 Å². The summed E-state index contributed by atoms with van der Waals surface area (Å²) in [5.41, 5.74) is 3.84. The van der Waals surface area contributed by atoms with E-state index in [1.165, 1.54) is 0 Å². The van der Waals surface area contributed by atoms with Crippen molar-refractivity contribution in [1.82, 2.24) is 15.4 Å². The molecule has 0 radical (unpaired) electrons. The maximum Gasteiger partial charge on any atom is 0.293 e. The lowest BCUT2D eigenvalue weighted by molar-refractivity contribution is -0.186. The number of hydrogen-bond donors (Lipinski definition) is 1. The molecule has 1 unspecified atom stereocenters. The van der Waals surface area contributed by atoms with Crippen molar-refractivity contribution < 1.29 is 19.1 Å². The molecule has 0 spiro atoms. The zero-order valence-electron chi connectivity index (χ0n) is 13.2. The number of hydroxylamine groups is 1. The molecule has 0 bridgehead atoms. The van der Waals surface area contributed by atoms with Crippen molar-refractivity contribution in [2.45, 2.75) is 32.1 Å². The molecule has 3 heterocycles. The highest BCUT2D eigenvalue weighted by atomic mass is 16.8. The van der Waals surface area contributed by atoms with E-state index in [0.29, 0.717) is 12.3 Å². The molecule has 1 amide bonds. The monoisotopic (exact) mass is 321 g/mol. The van der Waals surface area contributed by atoms with Gasteiger partial charge in [0.1, 0.15) is 5.69 Å². The minimum Gasteiger partial charge on any atom is -0.379 e. The fourth-order valence-corrected chi connectivity index (χ4v) is 2.65. The summed E-state index contributed by atoms with van der Waals surface area (Å²) in [6.45, 7) is 4.90. The van der Waals surface area contributed by atoms with Crippen LogP contribution >= 0.6 is 0 Å². The molecule has 7 heteroatoms. The maximum atomic E-state index is 12.0. The van der Waals surface area contributed by atoms with Crippen LogP contribution in [-0.2, 0) is 20.9 Å². The quantitative estimate of drug-likeness (QED) is 0.819. The third kappa shape index (κ3) is 4.97. The van der Waals surface area contributed by atoms with E-state index in [0.717, 1.165) is 57.7 Å². The van der Waals surface area contributed by atoms with Gasteiger partial charge in [-0.05, 0) is 24.5 Å². The van der Waals surface area contributed by atoms with Gasteiger partial charge in [0.05, 0.1) is 13.2 Å². The average Bonchev–Trinajstić information content (AvgIpc) is 2.62. The second-order valence-electron chi connectivity index (χ2n) is 5.79. The second-order valence-corrected chi connectivity index (χ2v) is 5.79. The van der Waals surface area contributed by atoms with E-state index in [2.05, 4.69) is 15.4 Å². The number of nitrogens with zero attached hydrogens (tertiary/aromatic N) is 2. The van der Waals surface area contributed by atoms with Gasteiger partial charge in [0.2, 0.25) is 0 Å². The van der Waals surface area contributed by atoms with E-state index >= 15 is 0 Å². The number of nitrogens with one attached hydrogen (secondary N) is 1. The van der Waals surface area contributed by atoms with E-state index in [4.69, 9.17) is 14.3 Å². The van der Waals surface area contributed by atoms with Crippen LogP contribution in [0, 0.1) is 0 Å². The van der Waals surface area contributed by atoms with Gasteiger partial charge in [-0.2, -0.15) is 0 Å². The molecular formula is C16H23N3O4. The average molecular weight is 321 g/mol. The largest absolute Gasteiger partial charge is 0.379 e. The van der Waals surface area contributed by atoms with Crippen molar-refractivity contribution in [2.75, 3.05) is 32.9 Å². The molecule has 2 saturated heterocycles. The Balaban J connectivity index is 1.46. The number of ether oxygens (including phenoxy) is 2. The standard InChI is InChI=1S/C16H23N3O4/c20-16(18-23-15-3-1-2-8-22-15)14-5-4-13(11-17-14)12-19-6-9-21-10-7-19/h4-5,11,15H,1-3,6-10,12H2,(H,18,20). The molecule has 1 N–H and O–H groups in total. The van der Waals surface area contributed by atoms with Gasteiger partial charge in [-0.1, -0.05) is 6.07 Å². The molecular weight excluding hydrogens is 298 g/mol. The predicted molar refractivity (Wildman–Crippen MR) is 82.5 cm³/mol. The second kappa shape index (κ2) is 8.35. The lowest BCUT2D eigenvalue weighted by Gasteiger charge is -2.26. The molecule has 2 aliphatic heterocycles. The third-order valence-corrected chi connectivity index (χ3v) is 3.99. The summed E-state index contributed by atoms with van der Waals surface area (Å²) in [5.74, 6) is -0.350. The number of carbonyl (C=O) groups excluding carboxylic acids is 1. The van der Waals surface area contributed by atoms with Gasteiger partial charge in [-0.3, -0.25) is 14.7 Å². The topological polar surface area (TPSA) is 72.9 Å². The van der Waals surface area contributed by atoms with E-state index in [-0.39, 0.29) is 12.2 Å². The molecule has 23 heavy (non-hydrogen) atoms. The lowest BCUT2D eigenvalue weighted by Crippen LogP contribution is -2.35. The number of pyridine rings is 1. The Morgan fingerprint density at radius 3 is 2.87 bits per heavy atom. The van der Waals surface area contributed by atoms with E-state index in [1.807, 2.05) is 6.07 Å². The molecule has 0 aromatic carbocycles. The van der Waals surface area contributed by atoms with Gasteiger partial charge < -0.3 is 9.47 Å². The molecule has 126 valence electrons. The fraction of sp³-hybridized carbons (Fsp3) is 0.625. The van der Waals surface area contributed by atoms with E-state index in [1.54, 1.807) is 12.3 Å². The van der Waals surface area contributed by atoms with Crippen LogP contribution in [0.5, 0.6) is 0 Å². The highest BCUT2D eigenvalue weighted by Crippen LogP contribution is 2.13. The molecule has 0 saturated carbocycles. The lowest BCUT2D eigenvalue weighted by atomic mass is 10.2. The Morgan fingerprint density at radius 2 is 2.17 bits per heavy atom. The summed E-state index contributed by atoms with van der Waals surface area (Å²) in [6, 6.07) is 3.64. The first-order chi connectivity index (χ1) is 11.3. The summed E-state index contributed by atoms with van der Waals surface area (Å²) in [5, 5.41) is 0. The maximum absolute atomic E-state index is 12.0. The van der Waals surface area contributed by atoms with Crippen LogP contribution < -0.4 is 5.48 Å². The van der Waals surface area contributed by atoms with Crippen LogP contribution in [0.4, 0.5) is 0 Å². The Bertz CT molecular complexity index is 497. The molecule has 2 aliphatic rings. The first-order valence-corrected chi connectivity index (χ1v) is 8.14. The van der Waals surface area contributed by atoms with Gasteiger partial charge in [0.15, 0.2) is 6.29 Å². The molecule has 0 aliphatic carbocycles. The normalized spacial score (nSPS) is 22.7. The van der Waals surface area contributed by atoms with Crippen LogP contribution in [0.1, 0.15) is 35.3 Å². The number of amides is 1. The Hall–Kier alpha value is -1.54. The number of carbonyl (C=O) groups is 1. The first kappa shape index (κ1) is 16.3.